The zero-order valence-electron chi connectivity index (χ0n) is 16.0. The minimum absolute atomic E-state index is 0. The zero-order chi connectivity index (χ0) is 18.4. The van der Waals surface area contributed by atoms with Gasteiger partial charge in [0.2, 0.25) is 0 Å². The van der Waals surface area contributed by atoms with Crippen LogP contribution in [0.4, 0.5) is 0 Å². The second-order valence-electron chi connectivity index (χ2n) is 6.27. The van der Waals surface area contributed by atoms with E-state index in [1.165, 1.54) is 5.69 Å². The molecule has 1 N–H and O–H groups in total. The van der Waals surface area contributed by atoms with Gasteiger partial charge in [0.1, 0.15) is 0 Å². The number of aromatic nitrogens is 3. The van der Waals surface area contributed by atoms with Crippen LogP contribution in [0.25, 0.3) is 5.69 Å². The highest BCUT2D eigenvalue weighted by atomic mass is 127. The maximum absolute atomic E-state index is 4.77. The number of nitrogens with zero attached hydrogens (tertiary/aromatic N) is 5. The van der Waals surface area contributed by atoms with E-state index in [0.29, 0.717) is 6.54 Å². The molecule has 2 heterocycles. The molecule has 0 unspecified atom stereocenters. The molecule has 2 aromatic heterocycles. The molecule has 0 aliphatic rings. The van der Waals surface area contributed by atoms with Crippen LogP contribution in [0.3, 0.4) is 0 Å². The molecule has 1 aromatic carbocycles. The maximum Gasteiger partial charge on any atom is 0.194 e. The van der Waals surface area contributed by atoms with Gasteiger partial charge >= 0.3 is 0 Å². The summed E-state index contributed by atoms with van der Waals surface area (Å²) < 4.78 is 4.01. The van der Waals surface area contributed by atoms with Gasteiger partial charge < -0.3 is 14.8 Å². The van der Waals surface area contributed by atoms with E-state index in [1.807, 2.05) is 47.4 Å². The molecule has 0 fully saturated rings. The highest BCUT2D eigenvalue weighted by Gasteiger charge is 2.09. The molecule has 0 amide bonds. The minimum atomic E-state index is 0. The Hall–Kier alpha value is -2.29. The first-order valence-electron chi connectivity index (χ1n) is 8.86. The largest absolute Gasteiger partial charge is 0.357 e. The Morgan fingerprint density at radius 2 is 1.96 bits per heavy atom. The van der Waals surface area contributed by atoms with Gasteiger partial charge in [-0.3, -0.25) is 0 Å². The Balaban J connectivity index is 0.00000261. The van der Waals surface area contributed by atoms with E-state index in [0.717, 1.165) is 30.3 Å². The van der Waals surface area contributed by atoms with Crippen molar-refractivity contribution < 1.29 is 0 Å². The summed E-state index contributed by atoms with van der Waals surface area (Å²) in [6, 6.07) is 14.3. The Bertz CT molecular complexity index is 852. The average Bonchev–Trinajstić information content (AvgIpc) is 3.29. The van der Waals surface area contributed by atoms with Crippen LogP contribution in [-0.2, 0) is 20.1 Å². The maximum atomic E-state index is 4.77. The normalized spacial score (nSPS) is 11.1. The molecule has 6 nitrogen and oxygen atoms in total. The molecule has 27 heavy (non-hydrogen) atoms. The Kier molecular flexibility index (Phi) is 7.90. The van der Waals surface area contributed by atoms with Crippen LogP contribution in [0.2, 0.25) is 0 Å². The number of rotatable bonds is 6. The van der Waals surface area contributed by atoms with Crippen molar-refractivity contribution in [2.75, 3.05) is 13.6 Å². The molecule has 0 atom stereocenters. The number of guanidine groups is 1. The number of hydrogen-bond acceptors (Lipinski definition) is 2. The fourth-order valence-corrected chi connectivity index (χ4v) is 2.78. The van der Waals surface area contributed by atoms with Gasteiger partial charge in [-0.05, 0) is 31.2 Å². The Morgan fingerprint density at radius 1 is 1.19 bits per heavy atom. The van der Waals surface area contributed by atoms with Crippen molar-refractivity contribution in [1.29, 1.82) is 0 Å². The first kappa shape index (κ1) is 21.0. The van der Waals surface area contributed by atoms with E-state index < -0.39 is 0 Å². The summed E-state index contributed by atoms with van der Waals surface area (Å²) in [6.45, 7) is 4.31. The molecule has 3 rings (SSSR count). The summed E-state index contributed by atoms with van der Waals surface area (Å²) in [6.07, 6.45) is 5.96. The summed E-state index contributed by atoms with van der Waals surface area (Å²) in [4.78, 5) is 6.91. The third-order valence-corrected chi connectivity index (χ3v) is 4.22. The SMILES string of the molecule is CCNC(=NCc1cnn(-c2ccccc2)c1)N(C)Cc1cccn1C.I. The van der Waals surface area contributed by atoms with Crippen LogP contribution in [0.5, 0.6) is 0 Å². The van der Waals surface area contributed by atoms with Gasteiger partial charge in [-0.25, -0.2) is 9.67 Å². The lowest BCUT2D eigenvalue weighted by Crippen LogP contribution is -2.38. The number of benzene rings is 1. The van der Waals surface area contributed by atoms with E-state index in [2.05, 4.69) is 59.2 Å². The molecule has 144 valence electrons. The van der Waals surface area contributed by atoms with Crippen LogP contribution in [0.15, 0.2) is 66.0 Å². The quantitative estimate of drug-likeness (QED) is 0.336. The summed E-state index contributed by atoms with van der Waals surface area (Å²) >= 11 is 0. The van der Waals surface area contributed by atoms with Gasteiger partial charge in [0.05, 0.1) is 25.0 Å². The molecule has 7 heteroatoms. The highest BCUT2D eigenvalue weighted by molar-refractivity contribution is 14.0. The van der Waals surface area contributed by atoms with Gasteiger partial charge in [-0.15, -0.1) is 24.0 Å². The second-order valence-corrected chi connectivity index (χ2v) is 6.27. The Labute approximate surface area is 177 Å². The molecular weight excluding hydrogens is 451 g/mol. The van der Waals surface area contributed by atoms with E-state index in [-0.39, 0.29) is 24.0 Å². The van der Waals surface area contributed by atoms with Gasteiger partial charge in [0, 0.05) is 44.3 Å². The van der Waals surface area contributed by atoms with Crippen molar-refractivity contribution in [1.82, 2.24) is 24.6 Å². The van der Waals surface area contributed by atoms with E-state index >= 15 is 0 Å². The molecule has 0 saturated carbocycles. The van der Waals surface area contributed by atoms with E-state index in [9.17, 15) is 0 Å². The average molecular weight is 478 g/mol. The van der Waals surface area contributed by atoms with Crippen LogP contribution in [0, 0.1) is 0 Å². The van der Waals surface area contributed by atoms with Crippen molar-refractivity contribution in [3.05, 3.63) is 72.3 Å². The van der Waals surface area contributed by atoms with Crippen molar-refractivity contribution in [2.24, 2.45) is 12.0 Å². The topological polar surface area (TPSA) is 50.4 Å². The molecule has 0 saturated heterocycles. The van der Waals surface area contributed by atoms with Crippen molar-refractivity contribution in [3.63, 3.8) is 0 Å². The molecule has 0 spiro atoms. The van der Waals surface area contributed by atoms with Crippen LogP contribution in [0.1, 0.15) is 18.2 Å². The molecule has 0 bridgehead atoms. The van der Waals surface area contributed by atoms with Crippen LogP contribution in [-0.4, -0.2) is 38.8 Å². The van der Waals surface area contributed by atoms with Crippen LogP contribution < -0.4 is 5.32 Å². The first-order valence-corrected chi connectivity index (χ1v) is 8.86. The molecule has 0 aliphatic heterocycles. The van der Waals surface area contributed by atoms with Gasteiger partial charge in [-0.2, -0.15) is 5.10 Å². The number of para-hydroxylation sites is 1. The number of halogens is 1. The number of aryl methyl sites for hydroxylation is 1. The van der Waals surface area contributed by atoms with Crippen molar-refractivity contribution >= 4 is 29.9 Å². The molecular formula is C20H27IN6. The summed E-state index contributed by atoms with van der Waals surface area (Å²) in [5.74, 6) is 0.890. The molecule has 0 aliphatic carbocycles. The number of aliphatic imine (C=N–C) groups is 1. The lowest BCUT2D eigenvalue weighted by Gasteiger charge is -2.22. The first-order chi connectivity index (χ1) is 12.7. The standard InChI is InChI=1S/C20H26N6.HI/c1-4-21-20(25(3)16-19-11-8-12-24(19)2)22-13-17-14-23-26(15-17)18-9-6-5-7-10-18;/h5-12,14-15H,4,13,16H2,1-3H3,(H,21,22);1H. The van der Waals surface area contributed by atoms with Crippen LogP contribution >= 0.6 is 24.0 Å². The van der Waals surface area contributed by atoms with Crippen molar-refractivity contribution in [2.45, 2.75) is 20.0 Å². The monoisotopic (exact) mass is 478 g/mol. The van der Waals surface area contributed by atoms with E-state index in [1.54, 1.807) is 0 Å². The van der Waals surface area contributed by atoms with Gasteiger partial charge in [0.15, 0.2) is 5.96 Å². The fraction of sp³-hybridized carbons (Fsp3) is 0.300. The fourth-order valence-electron chi connectivity index (χ4n) is 2.78. The summed E-state index contributed by atoms with van der Waals surface area (Å²) in [7, 11) is 4.12. The predicted octanol–water partition coefficient (Wildman–Crippen LogP) is 3.43. The molecule has 3 aromatic rings. The highest BCUT2D eigenvalue weighted by Crippen LogP contribution is 2.09. The third kappa shape index (κ3) is 5.59. The van der Waals surface area contributed by atoms with E-state index in [4.69, 9.17) is 4.99 Å². The summed E-state index contributed by atoms with van der Waals surface area (Å²) in [5, 5.41) is 7.80. The number of hydrogen-bond donors (Lipinski definition) is 1. The lowest BCUT2D eigenvalue weighted by atomic mass is 10.3. The van der Waals surface area contributed by atoms with Crippen molar-refractivity contribution in [3.8, 4) is 5.69 Å². The molecule has 0 radical (unpaired) electrons. The number of nitrogens with one attached hydrogen (secondary N) is 1. The second kappa shape index (κ2) is 10.1. The minimum Gasteiger partial charge on any atom is -0.357 e. The lowest BCUT2D eigenvalue weighted by molar-refractivity contribution is 0.462. The predicted molar refractivity (Wildman–Crippen MR) is 121 cm³/mol. The smallest absolute Gasteiger partial charge is 0.194 e. The van der Waals surface area contributed by atoms with Gasteiger partial charge in [0.25, 0.3) is 0 Å². The Morgan fingerprint density at radius 3 is 2.63 bits per heavy atom. The summed E-state index contributed by atoms with van der Waals surface area (Å²) in [5.41, 5.74) is 3.38. The zero-order valence-corrected chi connectivity index (χ0v) is 18.4. The third-order valence-electron chi connectivity index (χ3n) is 4.22. The van der Waals surface area contributed by atoms with Gasteiger partial charge in [-0.1, -0.05) is 18.2 Å².